The molecule has 1 aromatic carbocycles. The fourth-order valence-corrected chi connectivity index (χ4v) is 3.43. The molecular formula is C15H23NO2S. The Morgan fingerprint density at radius 3 is 2.11 bits per heavy atom. The molecule has 0 saturated carbocycles. The second-order valence-corrected chi connectivity index (χ2v) is 7.37. The number of nitrogens with two attached hydrogens (primary N) is 1. The molecule has 0 bridgehead atoms. The van der Waals surface area contributed by atoms with Crippen molar-refractivity contribution in [3.63, 3.8) is 0 Å². The van der Waals surface area contributed by atoms with Gasteiger partial charge in [0.1, 0.15) is 0 Å². The summed E-state index contributed by atoms with van der Waals surface area (Å²) in [4.78, 5) is 12.7. The van der Waals surface area contributed by atoms with E-state index in [-0.39, 0.29) is 5.25 Å². The molecule has 0 aromatic heterocycles. The predicted octanol–water partition coefficient (Wildman–Crippen LogP) is 2.74. The number of thioether (sulfide) groups is 1. The molecule has 0 saturated heterocycles. The molecule has 0 radical (unpaired) electrons. The zero-order chi connectivity index (χ0) is 14.8. The molecule has 0 aliphatic carbocycles. The Kier molecular flexibility index (Phi) is 4.69. The summed E-state index contributed by atoms with van der Waals surface area (Å²) >= 11 is 1.46. The molecule has 2 atom stereocenters. The van der Waals surface area contributed by atoms with E-state index in [9.17, 15) is 9.90 Å². The number of carbonyl (C=O) groups is 1. The summed E-state index contributed by atoms with van der Waals surface area (Å²) in [5.74, 6) is -0.674. The molecular weight excluding hydrogens is 258 g/mol. The van der Waals surface area contributed by atoms with Gasteiger partial charge in [-0.2, -0.15) is 0 Å². The molecule has 1 rings (SSSR count). The molecule has 3 N–H and O–H groups in total. The van der Waals surface area contributed by atoms with Crippen molar-refractivity contribution in [2.24, 2.45) is 11.1 Å². The van der Waals surface area contributed by atoms with Crippen LogP contribution in [0.1, 0.15) is 33.3 Å². The smallest absolute Gasteiger partial charge is 0.251 e. The molecule has 0 fully saturated rings. The average Bonchev–Trinajstić information content (AvgIpc) is 2.29. The fraction of sp³-hybridized carbons (Fsp3) is 0.533. The number of aryl methyl sites for hydroxylation is 1. The fourth-order valence-electron chi connectivity index (χ4n) is 2.09. The van der Waals surface area contributed by atoms with Gasteiger partial charge in [-0.25, -0.2) is 0 Å². The van der Waals surface area contributed by atoms with Crippen molar-refractivity contribution in [2.45, 2.75) is 50.4 Å². The molecule has 3 nitrogen and oxygen atoms in total. The Morgan fingerprint density at radius 2 is 1.74 bits per heavy atom. The van der Waals surface area contributed by atoms with Gasteiger partial charge in [-0.15, -0.1) is 11.8 Å². The second-order valence-electron chi connectivity index (χ2n) is 5.95. The summed E-state index contributed by atoms with van der Waals surface area (Å²) in [5, 5.41) is 10.4. The van der Waals surface area contributed by atoms with Gasteiger partial charge in [0.05, 0.1) is 0 Å². The van der Waals surface area contributed by atoms with E-state index < -0.39 is 16.9 Å². The first-order chi connectivity index (χ1) is 8.59. The van der Waals surface area contributed by atoms with Crippen molar-refractivity contribution >= 4 is 17.7 Å². The molecule has 0 aliphatic heterocycles. The SMILES string of the molecule is Cc1ccc(S[C@H](C)[C@@](O)(C(N)=O)C(C)(C)C)cc1. The average molecular weight is 281 g/mol. The van der Waals surface area contributed by atoms with Crippen LogP contribution in [0.15, 0.2) is 29.2 Å². The number of rotatable bonds is 4. The van der Waals surface area contributed by atoms with Crippen LogP contribution >= 0.6 is 11.8 Å². The van der Waals surface area contributed by atoms with Gasteiger partial charge in [0.25, 0.3) is 5.91 Å². The number of benzene rings is 1. The van der Waals surface area contributed by atoms with Crippen molar-refractivity contribution in [1.82, 2.24) is 0 Å². The van der Waals surface area contributed by atoms with Crippen molar-refractivity contribution in [1.29, 1.82) is 0 Å². The highest BCUT2D eigenvalue weighted by Gasteiger charge is 2.50. The van der Waals surface area contributed by atoms with E-state index in [0.717, 1.165) is 4.90 Å². The highest BCUT2D eigenvalue weighted by Crippen LogP contribution is 2.40. The van der Waals surface area contributed by atoms with E-state index in [1.54, 1.807) is 0 Å². The third-order valence-electron chi connectivity index (χ3n) is 3.44. The Labute approximate surface area is 119 Å². The summed E-state index contributed by atoms with van der Waals surface area (Å²) in [5.41, 5.74) is 4.44. The first-order valence-corrected chi connectivity index (χ1v) is 7.22. The molecule has 1 amide bonds. The summed E-state index contributed by atoms with van der Waals surface area (Å²) in [6, 6.07) is 7.99. The standard InChI is InChI=1S/C15H23NO2S/c1-10-6-8-12(9-7-10)19-11(2)15(18,13(16)17)14(3,4)5/h6-9,11,18H,1-5H3,(H2,16,17)/t11-,15-/m1/s1. The van der Waals surface area contributed by atoms with Gasteiger partial charge < -0.3 is 10.8 Å². The van der Waals surface area contributed by atoms with Crippen molar-refractivity contribution in [3.8, 4) is 0 Å². The third kappa shape index (κ3) is 3.31. The van der Waals surface area contributed by atoms with Crippen LogP contribution in [-0.4, -0.2) is 21.9 Å². The highest BCUT2D eigenvalue weighted by atomic mass is 32.2. The van der Waals surface area contributed by atoms with Gasteiger partial charge in [-0.05, 0) is 26.0 Å². The minimum atomic E-state index is -1.55. The Hall–Kier alpha value is -1.00. The molecule has 0 unspecified atom stereocenters. The van der Waals surface area contributed by atoms with Crippen LogP contribution < -0.4 is 5.73 Å². The van der Waals surface area contributed by atoms with Crippen LogP contribution in [0.2, 0.25) is 0 Å². The van der Waals surface area contributed by atoms with Gasteiger partial charge in [0, 0.05) is 15.6 Å². The van der Waals surface area contributed by atoms with E-state index in [2.05, 4.69) is 0 Å². The minimum Gasteiger partial charge on any atom is -0.378 e. The quantitative estimate of drug-likeness (QED) is 0.834. The molecule has 106 valence electrons. The maximum Gasteiger partial charge on any atom is 0.251 e. The van der Waals surface area contributed by atoms with E-state index in [0.29, 0.717) is 0 Å². The lowest BCUT2D eigenvalue weighted by molar-refractivity contribution is -0.147. The van der Waals surface area contributed by atoms with Crippen LogP contribution in [0.3, 0.4) is 0 Å². The highest BCUT2D eigenvalue weighted by molar-refractivity contribution is 8.00. The molecule has 1 aromatic rings. The monoisotopic (exact) mass is 281 g/mol. The maximum absolute atomic E-state index is 11.7. The van der Waals surface area contributed by atoms with Crippen LogP contribution in [0.5, 0.6) is 0 Å². The summed E-state index contributed by atoms with van der Waals surface area (Å²) in [7, 11) is 0. The summed E-state index contributed by atoms with van der Waals surface area (Å²) in [6.07, 6.45) is 0. The van der Waals surface area contributed by atoms with E-state index in [1.807, 2.05) is 58.9 Å². The third-order valence-corrected chi connectivity index (χ3v) is 4.68. The first kappa shape index (κ1) is 16.1. The number of hydrogen-bond donors (Lipinski definition) is 2. The van der Waals surface area contributed by atoms with Gasteiger partial charge in [-0.1, -0.05) is 38.5 Å². The predicted molar refractivity (Wildman–Crippen MR) is 80.1 cm³/mol. The topological polar surface area (TPSA) is 63.3 Å². The largest absolute Gasteiger partial charge is 0.378 e. The number of hydrogen-bond acceptors (Lipinski definition) is 3. The lowest BCUT2D eigenvalue weighted by Crippen LogP contribution is -2.59. The van der Waals surface area contributed by atoms with Crippen LogP contribution in [0, 0.1) is 12.3 Å². The molecule has 0 aliphatic rings. The Morgan fingerprint density at radius 1 is 1.26 bits per heavy atom. The maximum atomic E-state index is 11.7. The molecule has 0 heterocycles. The van der Waals surface area contributed by atoms with Crippen molar-refractivity contribution in [2.75, 3.05) is 0 Å². The Balaban J connectivity index is 2.99. The lowest BCUT2D eigenvalue weighted by atomic mass is 9.74. The normalized spacial score (nSPS) is 16.7. The van der Waals surface area contributed by atoms with Gasteiger partial charge in [0.2, 0.25) is 0 Å². The zero-order valence-corrected chi connectivity index (χ0v) is 13.0. The lowest BCUT2D eigenvalue weighted by Gasteiger charge is -2.41. The first-order valence-electron chi connectivity index (χ1n) is 6.34. The van der Waals surface area contributed by atoms with Crippen LogP contribution in [0.4, 0.5) is 0 Å². The van der Waals surface area contributed by atoms with Gasteiger partial charge in [0.15, 0.2) is 5.60 Å². The zero-order valence-electron chi connectivity index (χ0n) is 12.2. The number of carbonyl (C=O) groups excluding carboxylic acids is 1. The number of amides is 1. The van der Waals surface area contributed by atoms with E-state index in [4.69, 9.17) is 5.73 Å². The van der Waals surface area contributed by atoms with Crippen LogP contribution in [-0.2, 0) is 4.79 Å². The van der Waals surface area contributed by atoms with Crippen LogP contribution in [0.25, 0.3) is 0 Å². The number of primary amides is 1. The molecule has 19 heavy (non-hydrogen) atoms. The van der Waals surface area contributed by atoms with E-state index in [1.165, 1.54) is 17.3 Å². The summed E-state index contributed by atoms with van der Waals surface area (Å²) < 4.78 is 0. The molecule has 0 spiro atoms. The minimum absolute atomic E-state index is 0.326. The van der Waals surface area contributed by atoms with Crippen molar-refractivity contribution < 1.29 is 9.90 Å². The van der Waals surface area contributed by atoms with Gasteiger partial charge in [-0.3, -0.25) is 4.79 Å². The van der Waals surface area contributed by atoms with E-state index >= 15 is 0 Å². The van der Waals surface area contributed by atoms with Gasteiger partial charge >= 0.3 is 0 Å². The Bertz CT molecular complexity index is 450. The number of aliphatic hydroxyl groups is 1. The molecule has 4 heteroatoms. The summed E-state index contributed by atoms with van der Waals surface area (Å²) in [6.45, 7) is 9.32. The second kappa shape index (κ2) is 5.55. The van der Waals surface area contributed by atoms with Crippen molar-refractivity contribution in [3.05, 3.63) is 29.8 Å².